The van der Waals surface area contributed by atoms with Crippen molar-refractivity contribution in [2.45, 2.75) is 37.1 Å². The molecule has 0 atom stereocenters. The van der Waals surface area contributed by atoms with Crippen molar-refractivity contribution in [2.24, 2.45) is 0 Å². The molecule has 3 heterocycles. The number of hydrogen-bond acceptors (Lipinski definition) is 5. The van der Waals surface area contributed by atoms with Crippen LogP contribution in [0, 0.1) is 5.82 Å². The highest BCUT2D eigenvalue weighted by Crippen LogP contribution is 2.47. The number of rotatable bonds is 4. The highest BCUT2D eigenvalue weighted by molar-refractivity contribution is 5.58. The number of piperidine rings is 1. The SMILES string of the molecule is Fc1cccc(-n2cnc(Nc3ccc4c(c3)C3(CC4)CCN(C4COC4)CC3)n2)c1. The molecule has 2 fully saturated rings. The van der Waals surface area contributed by atoms with Crippen LogP contribution in [0.15, 0.2) is 48.8 Å². The summed E-state index contributed by atoms with van der Waals surface area (Å²) in [5.74, 6) is 0.221. The zero-order valence-corrected chi connectivity index (χ0v) is 17.4. The van der Waals surface area contributed by atoms with E-state index < -0.39 is 0 Å². The molecule has 3 aliphatic rings. The Balaban J connectivity index is 1.20. The summed E-state index contributed by atoms with van der Waals surface area (Å²) >= 11 is 0. The number of anilines is 2. The lowest BCUT2D eigenvalue weighted by atomic mass is 9.73. The van der Waals surface area contributed by atoms with Gasteiger partial charge in [0.2, 0.25) is 5.95 Å². The summed E-state index contributed by atoms with van der Waals surface area (Å²) in [6.45, 7) is 4.11. The van der Waals surface area contributed by atoms with E-state index >= 15 is 0 Å². The van der Waals surface area contributed by atoms with Gasteiger partial charge in [-0.05, 0) is 85.6 Å². The molecule has 2 aliphatic heterocycles. The fraction of sp³-hybridized carbons (Fsp3) is 0.417. The summed E-state index contributed by atoms with van der Waals surface area (Å²) in [6, 6.07) is 13.6. The number of hydrogen-bond donors (Lipinski definition) is 1. The first-order valence-corrected chi connectivity index (χ1v) is 11.1. The van der Waals surface area contributed by atoms with Crippen LogP contribution in [0.1, 0.15) is 30.4 Å². The van der Waals surface area contributed by atoms with Gasteiger partial charge in [-0.25, -0.2) is 9.07 Å². The zero-order valence-electron chi connectivity index (χ0n) is 17.4. The number of nitrogens with one attached hydrogen (secondary N) is 1. The number of aryl methyl sites for hydroxylation is 1. The van der Waals surface area contributed by atoms with E-state index in [1.54, 1.807) is 17.1 Å². The minimum absolute atomic E-state index is 0.290. The molecule has 1 spiro atoms. The molecule has 6 rings (SSSR count). The number of benzene rings is 2. The highest BCUT2D eigenvalue weighted by atomic mass is 19.1. The summed E-state index contributed by atoms with van der Waals surface area (Å²) in [4.78, 5) is 6.97. The second-order valence-electron chi connectivity index (χ2n) is 9.00. The van der Waals surface area contributed by atoms with Gasteiger partial charge in [0, 0.05) is 5.69 Å². The molecular formula is C24H26FN5O. The second kappa shape index (κ2) is 7.43. The molecule has 1 aliphatic carbocycles. The van der Waals surface area contributed by atoms with Crippen LogP contribution >= 0.6 is 0 Å². The molecule has 3 aromatic rings. The van der Waals surface area contributed by atoms with Crippen molar-refractivity contribution >= 4 is 11.6 Å². The first-order valence-electron chi connectivity index (χ1n) is 11.1. The number of aromatic nitrogens is 3. The molecular weight excluding hydrogens is 393 g/mol. The maximum atomic E-state index is 13.5. The fourth-order valence-electron chi connectivity index (χ4n) is 5.34. The molecule has 0 amide bonds. The van der Waals surface area contributed by atoms with E-state index in [1.165, 1.54) is 42.5 Å². The largest absolute Gasteiger partial charge is 0.378 e. The van der Waals surface area contributed by atoms with Crippen LogP contribution in [0.25, 0.3) is 5.69 Å². The lowest BCUT2D eigenvalue weighted by molar-refractivity contribution is -0.0758. The molecule has 1 N–H and O–H groups in total. The minimum atomic E-state index is -0.290. The van der Waals surface area contributed by atoms with Crippen LogP contribution in [-0.4, -0.2) is 52.0 Å². The Bertz CT molecular complexity index is 1100. The molecule has 31 heavy (non-hydrogen) atoms. The Kier molecular flexibility index (Phi) is 4.54. The topological polar surface area (TPSA) is 55.2 Å². The molecule has 6 nitrogen and oxygen atoms in total. The quantitative estimate of drug-likeness (QED) is 0.697. The maximum absolute atomic E-state index is 13.5. The van der Waals surface area contributed by atoms with E-state index in [2.05, 4.69) is 38.5 Å². The third-order valence-corrected chi connectivity index (χ3v) is 7.27. The normalized spacial score (nSPS) is 20.5. The van der Waals surface area contributed by atoms with Gasteiger partial charge in [0.05, 0.1) is 24.9 Å². The lowest BCUT2D eigenvalue weighted by Gasteiger charge is -2.45. The molecule has 2 aromatic carbocycles. The number of nitrogens with zero attached hydrogens (tertiary/aromatic N) is 4. The predicted molar refractivity (Wildman–Crippen MR) is 116 cm³/mol. The van der Waals surface area contributed by atoms with Crippen LogP contribution in [0.4, 0.5) is 16.0 Å². The van der Waals surface area contributed by atoms with E-state index in [4.69, 9.17) is 4.74 Å². The standard InChI is InChI=1S/C24H26FN5O/c25-18-2-1-3-20(12-18)30-16-26-23(28-30)27-19-5-4-17-6-7-24(22(17)13-19)8-10-29(11-9-24)21-14-31-15-21/h1-5,12-13,16,21H,6-11,14-15H2,(H,27,28). The molecule has 1 aromatic heterocycles. The van der Waals surface area contributed by atoms with E-state index in [0.29, 0.717) is 23.1 Å². The number of halogens is 1. The van der Waals surface area contributed by atoms with Crippen LogP contribution < -0.4 is 5.32 Å². The van der Waals surface area contributed by atoms with Gasteiger partial charge >= 0.3 is 0 Å². The number of ether oxygens (including phenoxy) is 1. The number of fused-ring (bicyclic) bond motifs is 2. The summed E-state index contributed by atoms with van der Waals surface area (Å²) in [7, 11) is 0. The van der Waals surface area contributed by atoms with Gasteiger partial charge < -0.3 is 10.1 Å². The Morgan fingerprint density at radius 2 is 1.94 bits per heavy atom. The smallest absolute Gasteiger partial charge is 0.246 e. The van der Waals surface area contributed by atoms with Gasteiger partial charge in [0.1, 0.15) is 12.1 Å². The molecule has 2 saturated heterocycles. The molecule has 0 bridgehead atoms. The predicted octanol–water partition coefficient (Wildman–Crippen LogP) is 3.83. The number of likely N-dealkylation sites (tertiary alicyclic amines) is 1. The van der Waals surface area contributed by atoms with Gasteiger partial charge in [-0.15, -0.1) is 5.10 Å². The van der Waals surface area contributed by atoms with E-state index in [9.17, 15) is 4.39 Å². The first-order chi connectivity index (χ1) is 15.2. The van der Waals surface area contributed by atoms with E-state index in [-0.39, 0.29) is 5.82 Å². The Hall–Kier alpha value is -2.77. The van der Waals surface area contributed by atoms with Crippen LogP contribution in [0.5, 0.6) is 0 Å². The second-order valence-corrected chi connectivity index (χ2v) is 9.00. The fourth-order valence-corrected chi connectivity index (χ4v) is 5.34. The zero-order chi connectivity index (χ0) is 20.8. The van der Waals surface area contributed by atoms with Crippen molar-refractivity contribution in [3.8, 4) is 5.69 Å². The van der Waals surface area contributed by atoms with Crippen LogP contribution in [0.2, 0.25) is 0 Å². The highest BCUT2D eigenvalue weighted by Gasteiger charge is 2.43. The Morgan fingerprint density at radius 3 is 2.71 bits per heavy atom. The Morgan fingerprint density at radius 1 is 1.06 bits per heavy atom. The molecule has 0 unspecified atom stereocenters. The summed E-state index contributed by atoms with van der Waals surface area (Å²) in [6.07, 6.45) is 6.44. The summed E-state index contributed by atoms with van der Waals surface area (Å²) in [5.41, 5.74) is 4.92. The van der Waals surface area contributed by atoms with Crippen molar-refractivity contribution in [1.29, 1.82) is 0 Å². The molecule has 7 heteroatoms. The van der Waals surface area contributed by atoms with Gasteiger partial charge in [-0.3, -0.25) is 4.90 Å². The van der Waals surface area contributed by atoms with E-state index in [1.807, 2.05) is 6.07 Å². The third kappa shape index (κ3) is 3.42. The van der Waals surface area contributed by atoms with Crippen LogP contribution in [-0.2, 0) is 16.6 Å². The minimum Gasteiger partial charge on any atom is -0.378 e. The van der Waals surface area contributed by atoms with Crippen molar-refractivity contribution < 1.29 is 9.13 Å². The van der Waals surface area contributed by atoms with Crippen molar-refractivity contribution in [3.63, 3.8) is 0 Å². The summed E-state index contributed by atoms with van der Waals surface area (Å²) in [5, 5.41) is 7.81. The molecule has 0 saturated carbocycles. The van der Waals surface area contributed by atoms with Gasteiger partial charge in [0.25, 0.3) is 0 Å². The first kappa shape index (κ1) is 19.0. The Labute approximate surface area is 181 Å². The van der Waals surface area contributed by atoms with Crippen molar-refractivity contribution in [3.05, 3.63) is 65.7 Å². The third-order valence-electron chi connectivity index (χ3n) is 7.27. The van der Waals surface area contributed by atoms with Gasteiger partial charge in [-0.1, -0.05) is 12.1 Å². The van der Waals surface area contributed by atoms with Gasteiger partial charge in [-0.2, -0.15) is 4.98 Å². The average Bonchev–Trinajstić information content (AvgIpc) is 3.34. The van der Waals surface area contributed by atoms with Crippen LogP contribution in [0.3, 0.4) is 0 Å². The lowest BCUT2D eigenvalue weighted by Crippen LogP contribution is -2.53. The molecule has 160 valence electrons. The van der Waals surface area contributed by atoms with Gasteiger partial charge in [0.15, 0.2) is 0 Å². The monoisotopic (exact) mass is 419 g/mol. The average molecular weight is 420 g/mol. The summed E-state index contributed by atoms with van der Waals surface area (Å²) < 4.78 is 20.5. The van der Waals surface area contributed by atoms with Crippen molar-refractivity contribution in [2.75, 3.05) is 31.6 Å². The van der Waals surface area contributed by atoms with E-state index in [0.717, 1.165) is 38.4 Å². The van der Waals surface area contributed by atoms with Crippen molar-refractivity contribution in [1.82, 2.24) is 19.7 Å². The maximum Gasteiger partial charge on any atom is 0.246 e. The molecule has 0 radical (unpaired) electrons.